The Morgan fingerprint density at radius 2 is 1.83 bits per heavy atom. The predicted octanol–water partition coefficient (Wildman–Crippen LogP) is 3.66. The van der Waals surface area contributed by atoms with Gasteiger partial charge in [0.2, 0.25) is 0 Å². The topological polar surface area (TPSA) is 12.0 Å². The zero-order chi connectivity index (χ0) is 12.7. The van der Waals surface area contributed by atoms with E-state index in [-0.39, 0.29) is 6.04 Å². The number of halogens is 2. The van der Waals surface area contributed by atoms with Crippen LogP contribution in [0, 0.1) is 29.4 Å². The van der Waals surface area contributed by atoms with Gasteiger partial charge in [-0.25, -0.2) is 8.78 Å². The predicted molar refractivity (Wildman–Crippen MR) is 67.1 cm³/mol. The lowest BCUT2D eigenvalue weighted by Crippen LogP contribution is -2.21. The quantitative estimate of drug-likeness (QED) is 0.864. The van der Waals surface area contributed by atoms with Crippen LogP contribution >= 0.6 is 0 Å². The third-order valence-electron chi connectivity index (χ3n) is 4.74. The number of fused-ring (bicyclic) bond motifs is 1. The molecule has 0 aromatic heterocycles. The molecule has 0 spiro atoms. The lowest BCUT2D eigenvalue weighted by atomic mass is 9.99. The van der Waals surface area contributed by atoms with Crippen molar-refractivity contribution in [1.82, 2.24) is 5.32 Å². The number of hydrogen-bond donors (Lipinski definition) is 1. The minimum absolute atomic E-state index is 0.0335. The van der Waals surface area contributed by atoms with Crippen LogP contribution < -0.4 is 5.32 Å². The minimum Gasteiger partial charge on any atom is -0.313 e. The molecule has 1 N–H and O–H groups in total. The van der Waals surface area contributed by atoms with Crippen LogP contribution in [0.25, 0.3) is 0 Å². The average molecular weight is 251 g/mol. The molecular weight excluding hydrogens is 232 g/mol. The van der Waals surface area contributed by atoms with Gasteiger partial charge in [-0.05, 0) is 43.7 Å². The Labute approximate surface area is 107 Å². The molecule has 0 saturated heterocycles. The van der Waals surface area contributed by atoms with Gasteiger partial charge in [-0.3, -0.25) is 0 Å². The molecule has 18 heavy (non-hydrogen) atoms. The van der Waals surface area contributed by atoms with E-state index in [1.807, 2.05) is 7.05 Å². The molecule has 0 bridgehead atoms. The maximum atomic E-state index is 13.9. The number of rotatable bonds is 3. The van der Waals surface area contributed by atoms with E-state index in [4.69, 9.17) is 0 Å². The summed E-state index contributed by atoms with van der Waals surface area (Å²) in [6.07, 6.45) is 5.09. The van der Waals surface area contributed by atoms with E-state index in [9.17, 15) is 8.78 Å². The standard InChI is InChI=1S/C15H19F2N/c1-18-15(11-7-4-8-12(16)14(11)17)13-9-5-2-3-6-10(9)13/h4,7-10,13,15,18H,2-3,5-6H2,1H3. The molecule has 0 aliphatic heterocycles. The number of benzene rings is 1. The molecule has 2 aliphatic carbocycles. The Kier molecular flexibility index (Phi) is 3.10. The van der Waals surface area contributed by atoms with Crippen molar-refractivity contribution in [3.63, 3.8) is 0 Å². The monoisotopic (exact) mass is 251 g/mol. The summed E-state index contributed by atoms with van der Waals surface area (Å²) in [5, 5.41) is 3.20. The molecule has 1 aromatic rings. The van der Waals surface area contributed by atoms with Crippen LogP contribution in [0.5, 0.6) is 0 Å². The van der Waals surface area contributed by atoms with Crippen molar-refractivity contribution in [3.8, 4) is 0 Å². The highest BCUT2D eigenvalue weighted by Gasteiger charge is 2.54. The number of nitrogens with one attached hydrogen (secondary N) is 1. The second-order valence-electron chi connectivity index (χ2n) is 5.60. The highest BCUT2D eigenvalue weighted by Crippen LogP contribution is 2.60. The smallest absolute Gasteiger partial charge is 0.163 e. The summed E-state index contributed by atoms with van der Waals surface area (Å²) in [4.78, 5) is 0. The van der Waals surface area contributed by atoms with Crippen LogP contribution in [0.2, 0.25) is 0 Å². The largest absolute Gasteiger partial charge is 0.313 e. The van der Waals surface area contributed by atoms with Crippen molar-refractivity contribution in [2.75, 3.05) is 7.05 Å². The third kappa shape index (κ3) is 1.85. The van der Waals surface area contributed by atoms with Crippen molar-refractivity contribution in [2.24, 2.45) is 17.8 Å². The Balaban J connectivity index is 1.87. The Bertz CT molecular complexity index is 434. The molecular formula is C15H19F2N. The zero-order valence-electron chi connectivity index (χ0n) is 10.6. The minimum atomic E-state index is -0.739. The van der Waals surface area contributed by atoms with Crippen molar-refractivity contribution in [3.05, 3.63) is 35.4 Å². The maximum absolute atomic E-state index is 13.9. The molecule has 98 valence electrons. The maximum Gasteiger partial charge on any atom is 0.163 e. The van der Waals surface area contributed by atoms with Gasteiger partial charge in [0.25, 0.3) is 0 Å². The van der Waals surface area contributed by atoms with E-state index < -0.39 is 11.6 Å². The summed E-state index contributed by atoms with van der Waals surface area (Å²) in [6, 6.07) is 4.47. The van der Waals surface area contributed by atoms with Crippen LogP contribution in [0.4, 0.5) is 8.78 Å². The normalized spacial score (nSPS) is 31.8. The average Bonchev–Trinajstić information content (AvgIpc) is 3.10. The molecule has 1 aromatic carbocycles. The molecule has 2 fully saturated rings. The van der Waals surface area contributed by atoms with Gasteiger partial charge in [-0.2, -0.15) is 0 Å². The van der Waals surface area contributed by atoms with Gasteiger partial charge in [0.1, 0.15) is 0 Å². The van der Waals surface area contributed by atoms with E-state index in [0.29, 0.717) is 11.5 Å². The fourth-order valence-electron chi connectivity index (χ4n) is 3.86. The second kappa shape index (κ2) is 4.61. The van der Waals surface area contributed by atoms with Gasteiger partial charge in [0.05, 0.1) is 0 Å². The summed E-state index contributed by atoms with van der Waals surface area (Å²) >= 11 is 0. The molecule has 3 atom stereocenters. The van der Waals surface area contributed by atoms with E-state index >= 15 is 0 Å². The Morgan fingerprint density at radius 3 is 2.44 bits per heavy atom. The highest BCUT2D eigenvalue weighted by molar-refractivity contribution is 5.26. The van der Waals surface area contributed by atoms with Crippen molar-refractivity contribution < 1.29 is 8.78 Å². The van der Waals surface area contributed by atoms with Crippen molar-refractivity contribution in [1.29, 1.82) is 0 Å². The van der Waals surface area contributed by atoms with Crippen LogP contribution in [-0.2, 0) is 0 Å². The van der Waals surface area contributed by atoms with Gasteiger partial charge in [0.15, 0.2) is 11.6 Å². The second-order valence-corrected chi connectivity index (χ2v) is 5.60. The van der Waals surface area contributed by atoms with Crippen LogP contribution in [-0.4, -0.2) is 7.05 Å². The molecule has 2 saturated carbocycles. The SMILES string of the molecule is CNC(c1cccc(F)c1F)C1C2CCCCC21. The van der Waals surface area contributed by atoms with Gasteiger partial charge in [-0.15, -0.1) is 0 Å². The Morgan fingerprint density at radius 1 is 1.17 bits per heavy atom. The fourth-order valence-corrected chi connectivity index (χ4v) is 3.86. The molecule has 3 heteroatoms. The lowest BCUT2D eigenvalue weighted by molar-refractivity contribution is 0.434. The van der Waals surface area contributed by atoms with Gasteiger partial charge in [0, 0.05) is 11.6 Å². The lowest BCUT2D eigenvalue weighted by Gasteiger charge is -2.18. The first-order valence-electron chi connectivity index (χ1n) is 6.85. The van der Waals surface area contributed by atoms with E-state index in [1.165, 1.54) is 31.7 Å². The van der Waals surface area contributed by atoms with E-state index in [2.05, 4.69) is 5.32 Å². The summed E-state index contributed by atoms with van der Waals surface area (Å²) in [5.74, 6) is 0.517. The fraction of sp³-hybridized carbons (Fsp3) is 0.600. The van der Waals surface area contributed by atoms with Crippen molar-refractivity contribution in [2.45, 2.75) is 31.7 Å². The molecule has 3 rings (SSSR count). The summed E-state index contributed by atoms with van der Waals surface area (Å²) in [5.41, 5.74) is 0.497. The first-order valence-corrected chi connectivity index (χ1v) is 6.85. The molecule has 0 radical (unpaired) electrons. The summed E-state index contributed by atoms with van der Waals surface area (Å²) < 4.78 is 27.2. The molecule has 3 unspecified atom stereocenters. The molecule has 1 nitrogen and oxygen atoms in total. The third-order valence-corrected chi connectivity index (χ3v) is 4.74. The number of hydrogen-bond acceptors (Lipinski definition) is 1. The van der Waals surface area contributed by atoms with Gasteiger partial charge >= 0.3 is 0 Å². The van der Waals surface area contributed by atoms with Crippen LogP contribution in [0.3, 0.4) is 0 Å². The van der Waals surface area contributed by atoms with Gasteiger partial charge < -0.3 is 5.32 Å². The van der Waals surface area contributed by atoms with Crippen molar-refractivity contribution >= 4 is 0 Å². The highest BCUT2D eigenvalue weighted by atomic mass is 19.2. The molecule has 0 heterocycles. The molecule has 0 amide bonds. The Hall–Kier alpha value is -0.960. The molecule has 2 aliphatic rings. The first-order chi connectivity index (χ1) is 8.74. The summed E-state index contributed by atoms with van der Waals surface area (Å²) in [7, 11) is 1.85. The van der Waals surface area contributed by atoms with Gasteiger partial charge in [-0.1, -0.05) is 25.0 Å². The first kappa shape index (κ1) is 12.1. The van der Waals surface area contributed by atoms with Crippen LogP contribution in [0.1, 0.15) is 37.3 Å². The summed E-state index contributed by atoms with van der Waals surface area (Å²) in [6.45, 7) is 0. The van der Waals surface area contributed by atoms with Crippen LogP contribution in [0.15, 0.2) is 18.2 Å². The zero-order valence-corrected chi connectivity index (χ0v) is 10.6. The van der Waals surface area contributed by atoms with E-state index in [0.717, 1.165) is 11.8 Å². The van der Waals surface area contributed by atoms with E-state index in [1.54, 1.807) is 12.1 Å².